The molecule has 1 amide bonds. The monoisotopic (exact) mass is 371 g/mol. The fourth-order valence-electron chi connectivity index (χ4n) is 3.39. The van der Waals surface area contributed by atoms with Crippen molar-refractivity contribution in [2.75, 3.05) is 18.4 Å². The van der Waals surface area contributed by atoms with Crippen LogP contribution in [0, 0.1) is 0 Å². The Morgan fingerprint density at radius 1 is 1.27 bits per heavy atom. The van der Waals surface area contributed by atoms with E-state index in [4.69, 9.17) is 4.74 Å². The summed E-state index contributed by atoms with van der Waals surface area (Å²) in [5.41, 5.74) is 1.51. The average Bonchev–Trinajstić information content (AvgIpc) is 3.09. The average molecular weight is 371 g/mol. The van der Waals surface area contributed by atoms with Crippen molar-refractivity contribution in [2.45, 2.75) is 38.3 Å². The van der Waals surface area contributed by atoms with Crippen molar-refractivity contribution >= 4 is 28.2 Å². The van der Waals surface area contributed by atoms with E-state index >= 15 is 0 Å². The first-order chi connectivity index (χ1) is 12.7. The summed E-state index contributed by atoms with van der Waals surface area (Å²) < 4.78 is 5.70. The lowest BCUT2D eigenvalue weighted by atomic mass is 10.0. The molecule has 0 spiro atoms. The SMILES string of the molecule is O=C1CC(C(=O)Nc2nc(CN3CCCCC3)cs2)Oc2ccccc21. The van der Waals surface area contributed by atoms with Crippen LogP contribution in [0.4, 0.5) is 5.13 Å². The van der Waals surface area contributed by atoms with E-state index in [1.807, 2.05) is 5.38 Å². The maximum Gasteiger partial charge on any atom is 0.267 e. The molecule has 1 atom stereocenters. The first-order valence-corrected chi connectivity index (χ1v) is 9.83. The number of ether oxygens (including phenoxy) is 1. The molecule has 1 aromatic carbocycles. The van der Waals surface area contributed by atoms with Crippen molar-refractivity contribution in [3.8, 4) is 5.75 Å². The molecular weight excluding hydrogens is 350 g/mol. The molecule has 0 saturated carbocycles. The standard InChI is InChI=1S/C19H21N3O3S/c23-15-10-17(25-16-7-3-2-6-14(15)16)18(24)21-19-20-13(12-26-19)11-22-8-4-1-5-9-22/h2-3,6-7,12,17H,1,4-5,8-11H2,(H,20,21,24). The molecule has 6 nitrogen and oxygen atoms in total. The van der Waals surface area contributed by atoms with Crippen LogP contribution in [0.3, 0.4) is 0 Å². The molecule has 136 valence electrons. The Balaban J connectivity index is 1.37. The number of hydrogen-bond acceptors (Lipinski definition) is 6. The number of benzene rings is 1. The molecule has 2 aliphatic rings. The Morgan fingerprint density at radius 2 is 2.08 bits per heavy atom. The lowest BCUT2D eigenvalue weighted by Crippen LogP contribution is -2.38. The number of nitrogens with zero attached hydrogens (tertiary/aromatic N) is 2. The van der Waals surface area contributed by atoms with Crippen molar-refractivity contribution in [1.82, 2.24) is 9.88 Å². The lowest BCUT2D eigenvalue weighted by Gasteiger charge is -2.25. The van der Waals surface area contributed by atoms with Crippen molar-refractivity contribution < 1.29 is 14.3 Å². The van der Waals surface area contributed by atoms with Gasteiger partial charge in [-0.2, -0.15) is 0 Å². The Morgan fingerprint density at radius 3 is 2.92 bits per heavy atom. The molecule has 2 aromatic rings. The molecule has 0 aliphatic carbocycles. The summed E-state index contributed by atoms with van der Waals surface area (Å²) in [6, 6.07) is 7.02. The maximum absolute atomic E-state index is 12.5. The minimum absolute atomic E-state index is 0.0505. The highest BCUT2D eigenvalue weighted by atomic mass is 32.1. The number of aromatic nitrogens is 1. The molecule has 1 aromatic heterocycles. The number of para-hydroxylation sites is 1. The molecule has 4 rings (SSSR count). The number of Topliss-reactive ketones (excluding diaryl/α,β-unsaturated/α-hetero) is 1. The van der Waals surface area contributed by atoms with E-state index in [9.17, 15) is 9.59 Å². The van der Waals surface area contributed by atoms with E-state index in [2.05, 4.69) is 15.2 Å². The second-order valence-electron chi connectivity index (χ2n) is 6.70. The van der Waals surface area contributed by atoms with Gasteiger partial charge in [0.2, 0.25) is 0 Å². The highest BCUT2D eigenvalue weighted by Gasteiger charge is 2.31. The third kappa shape index (κ3) is 3.78. The van der Waals surface area contributed by atoms with Gasteiger partial charge in [-0.3, -0.25) is 19.8 Å². The van der Waals surface area contributed by atoms with Gasteiger partial charge in [0.05, 0.1) is 17.7 Å². The summed E-state index contributed by atoms with van der Waals surface area (Å²) in [7, 11) is 0. The highest BCUT2D eigenvalue weighted by Crippen LogP contribution is 2.28. The third-order valence-corrected chi connectivity index (χ3v) is 5.54. The van der Waals surface area contributed by atoms with Gasteiger partial charge in [0, 0.05) is 11.9 Å². The smallest absolute Gasteiger partial charge is 0.267 e. The number of amides is 1. The van der Waals surface area contributed by atoms with Crippen molar-refractivity contribution in [2.24, 2.45) is 0 Å². The summed E-state index contributed by atoms with van der Waals surface area (Å²) in [6.45, 7) is 3.03. The molecule has 0 radical (unpaired) electrons. The van der Waals surface area contributed by atoms with Gasteiger partial charge in [0.25, 0.3) is 5.91 Å². The fraction of sp³-hybridized carbons (Fsp3) is 0.421. The normalized spacial score (nSPS) is 20.3. The van der Waals surface area contributed by atoms with Gasteiger partial charge in [0.15, 0.2) is 17.0 Å². The summed E-state index contributed by atoms with van der Waals surface area (Å²) in [5, 5.41) is 5.32. The maximum atomic E-state index is 12.5. The molecule has 7 heteroatoms. The minimum atomic E-state index is -0.813. The topological polar surface area (TPSA) is 71.5 Å². The second-order valence-corrected chi connectivity index (χ2v) is 7.56. The lowest BCUT2D eigenvalue weighted by molar-refractivity contribution is -0.122. The first-order valence-electron chi connectivity index (χ1n) is 8.95. The predicted molar refractivity (Wildman–Crippen MR) is 99.7 cm³/mol. The summed E-state index contributed by atoms with van der Waals surface area (Å²) in [5.74, 6) is 0.0671. The largest absolute Gasteiger partial charge is 0.479 e. The number of anilines is 1. The van der Waals surface area contributed by atoms with Crippen LogP contribution in [0.5, 0.6) is 5.75 Å². The van der Waals surface area contributed by atoms with Crippen LogP contribution in [-0.2, 0) is 11.3 Å². The number of carbonyl (C=O) groups excluding carboxylic acids is 2. The van der Waals surface area contributed by atoms with Crippen molar-refractivity contribution in [3.63, 3.8) is 0 Å². The quantitative estimate of drug-likeness (QED) is 0.894. The van der Waals surface area contributed by atoms with Gasteiger partial charge in [0.1, 0.15) is 5.75 Å². The predicted octanol–water partition coefficient (Wildman–Crippen LogP) is 3.10. The molecular formula is C19H21N3O3S. The number of fused-ring (bicyclic) bond motifs is 1. The number of ketones is 1. The molecule has 0 bridgehead atoms. The molecule has 1 fully saturated rings. The van der Waals surface area contributed by atoms with Crippen LogP contribution in [-0.4, -0.2) is 40.8 Å². The molecule has 26 heavy (non-hydrogen) atoms. The van der Waals surface area contributed by atoms with E-state index in [0.717, 1.165) is 25.3 Å². The van der Waals surface area contributed by atoms with Gasteiger partial charge in [-0.15, -0.1) is 11.3 Å². The number of nitrogens with one attached hydrogen (secondary N) is 1. The molecule has 1 unspecified atom stereocenters. The number of thiazole rings is 1. The Hall–Kier alpha value is -2.25. The van der Waals surface area contributed by atoms with Gasteiger partial charge in [-0.05, 0) is 38.1 Å². The van der Waals surface area contributed by atoms with E-state index < -0.39 is 6.10 Å². The fourth-order valence-corrected chi connectivity index (χ4v) is 4.09. The summed E-state index contributed by atoms with van der Waals surface area (Å²) in [6.07, 6.45) is 3.02. The van der Waals surface area contributed by atoms with Gasteiger partial charge < -0.3 is 4.74 Å². The molecule has 1 saturated heterocycles. The van der Waals surface area contributed by atoms with Gasteiger partial charge >= 0.3 is 0 Å². The van der Waals surface area contributed by atoms with Crippen LogP contribution in [0.25, 0.3) is 0 Å². The number of hydrogen-bond donors (Lipinski definition) is 1. The van der Waals surface area contributed by atoms with Crippen LogP contribution < -0.4 is 10.1 Å². The summed E-state index contributed by atoms with van der Waals surface area (Å²) in [4.78, 5) is 31.6. The van der Waals surface area contributed by atoms with Crippen LogP contribution in [0.1, 0.15) is 41.7 Å². The zero-order valence-electron chi connectivity index (χ0n) is 14.4. The number of piperidine rings is 1. The van der Waals surface area contributed by atoms with E-state index in [-0.39, 0.29) is 18.1 Å². The number of carbonyl (C=O) groups is 2. The Bertz CT molecular complexity index is 814. The van der Waals surface area contributed by atoms with E-state index in [1.165, 1.54) is 30.6 Å². The molecule has 3 heterocycles. The van der Waals surface area contributed by atoms with E-state index in [0.29, 0.717) is 16.4 Å². The summed E-state index contributed by atoms with van der Waals surface area (Å²) >= 11 is 1.41. The van der Waals surface area contributed by atoms with Crippen molar-refractivity contribution in [1.29, 1.82) is 0 Å². The van der Waals surface area contributed by atoms with Crippen molar-refractivity contribution in [3.05, 3.63) is 40.9 Å². The Labute approximate surface area is 156 Å². The Kier molecular flexibility index (Phi) is 4.99. The molecule has 2 aliphatic heterocycles. The molecule has 1 N–H and O–H groups in total. The van der Waals surface area contributed by atoms with Crippen LogP contribution in [0.2, 0.25) is 0 Å². The third-order valence-electron chi connectivity index (χ3n) is 4.74. The van der Waals surface area contributed by atoms with Crippen LogP contribution in [0.15, 0.2) is 29.6 Å². The highest BCUT2D eigenvalue weighted by molar-refractivity contribution is 7.13. The van der Waals surface area contributed by atoms with Gasteiger partial charge in [-0.1, -0.05) is 18.6 Å². The zero-order chi connectivity index (χ0) is 17.9. The minimum Gasteiger partial charge on any atom is -0.479 e. The second kappa shape index (κ2) is 7.55. The van der Waals surface area contributed by atoms with Gasteiger partial charge in [-0.25, -0.2) is 4.98 Å². The first kappa shape index (κ1) is 17.2. The zero-order valence-corrected chi connectivity index (χ0v) is 15.3. The number of rotatable bonds is 4. The number of likely N-dealkylation sites (tertiary alicyclic amines) is 1. The van der Waals surface area contributed by atoms with Crippen LogP contribution >= 0.6 is 11.3 Å². The van der Waals surface area contributed by atoms with E-state index in [1.54, 1.807) is 24.3 Å².